The zero-order valence-corrected chi connectivity index (χ0v) is 16.0. The number of anilines is 1. The van der Waals surface area contributed by atoms with Crippen molar-refractivity contribution in [1.29, 1.82) is 0 Å². The Bertz CT molecular complexity index is 1080. The van der Waals surface area contributed by atoms with Crippen LogP contribution in [0.25, 0.3) is 6.08 Å². The van der Waals surface area contributed by atoms with Crippen LogP contribution in [-0.4, -0.2) is 28.3 Å². The zero-order chi connectivity index (χ0) is 20.2. The fourth-order valence-electron chi connectivity index (χ4n) is 2.85. The Morgan fingerprint density at radius 2 is 2.03 bits per heavy atom. The number of hydrogen-bond acceptors (Lipinski definition) is 4. The second-order valence-electron chi connectivity index (χ2n) is 6.41. The van der Waals surface area contributed by atoms with Crippen LogP contribution in [0, 0.1) is 0 Å². The molecular weight excluding hydrogens is 392 g/mol. The van der Waals surface area contributed by atoms with Crippen LogP contribution >= 0.6 is 11.6 Å². The number of halogens is 1. The predicted octanol–water partition coefficient (Wildman–Crippen LogP) is 3.41. The third-order valence-electron chi connectivity index (χ3n) is 4.34. The van der Waals surface area contributed by atoms with E-state index < -0.39 is 0 Å². The number of H-pyrrole nitrogens is 1. The monoisotopic (exact) mass is 408 g/mol. The predicted molar refractivity (Wildman–Crippen MR) is 110 cm³/mol. The van der Waals surface area contributed by atoms with Crippen LogP contribution < -0.4 is 15.4 Å². The first-order chi connectivity index (χ1) is 14.1. The molecule has 0 spiro atoms. The van der Waals surface area contributed by atoms with Gasteiger partial charge in [0.1, 0.15) is 0 Å². The summed E-state index contributed by atoms with van der Waals surface area (Å²) >= 11 is 5.88. The van der Waals surface area contributed by atoms with Crippen LogP contribution in [0.2, 0.25) is 5.02 Å². The highest BCUT2D eigenvalue weighted by molar-refractivity contribution is 6.30. The average molecular weight is 409 g/mol. The van der Waals surface area contributed by atoms with Crippen molar-refractivity contribution in [3.63, 3.8) is 0 Å². The summed E-state index contributed by atoms with van der Waals surface area (Å²) in [6, 6.07) is 12.0. The molecule has 0 aliphatic carbocycles. The van der Waals surface area contributed by atoms with E-state index in [2.05, 4.69) is 20.6 Å². The van der Waals surface area contributed by atoms with Gasteiger partial charge in [-0.3, -0.25) is 9.59 Å². The quantitative estimate of drug-likeness (QED) is 0.564. The molecule has 2 aromatic carbocycles. The lowest BCUT2D eigenvalue weighted by Crippen LogP contribution is -2.27. The van der Waals surface area contributed by atoms with Gasteiger partial charge >= 0.3 is 0 Å². The third kappa shape index (κ3) is 4.47. The van der Waals surface area contributed by atoms with Crippen LogP contribution in [0.1, 0.15) is 21.6 Å². The summed E-state index contributed by atoms with van der Waals surface area (Å²) in [5.41, 5.74) is 2.61. The first-order valence-corrected chi connectivity index (χ1v) is 9.32. The maximum atomic E-state index is 12.4. The van der Waals surface area contributed by atoms with Crippen LogP contribution in [0.15, 0.2) is 60.7 Å². The van der Waals surface area contributed by atoms with Crippen LogP contribution in [-0.2, 0) is 11.2 Å². The minimum atomic E-state index is -0.385. The highest BCUT2D eigenvalue weighted by Gasteiger charge is 2.23. The second-order valence-corrected chi connectivity index (χ2v) is 6.85. The first kappa shape index (κ1) is 18.8. The normalized spacial score (nSPS) is 14.1. The van der Waals surface area contributed by atoms with Gasteiger partial charge in [-0.1, -0.05) is 23.7 Å². The van der Waals surface area contributed by atoms with Gasteiger partial charge in [0.05, 0.1) is 12.0 Å². The minimum Gasteiger partial charge on any atom is -0.449 e. The number of carbonyl (C=O) groups is 2. The van der Waals surface area contributed by atoms with Crippen molar-refractivity contribution in [2.24, 2.45) is 0 Å². The lowest BCUT2D eigenvalue weighted by atomic mass is 10.1. The summed E-state index contributed by atoms with van der Waals surface area (Å²) in [4.78, 5) is 31.7. The van der Waals surface area contributed by atoms with E-state index >= 15 is 0 Å². The van der Waals surface area contributed by atoms with E-state index in [4.69, 9.17) is 16.3 Å². The molecule has 8 heteroatoms. The number of nitrogens with one attached hydrogen (secondary N) is 3. The number of fused-ring (bicyclic) bond motifs is 1. The van der Waals surface area contributed by atoms with Crippen molar-refractivity contribution in [2.75, 3.05) is 11.9 Å². The molecule has 29 heavy (non-hydrogen) atoms. The molecule has 0 saturated heterocycles. The number of nitrogens with zero attached hydrogens (tertiary/aromatic N) is 1. The van der Waals surface area contributed by atoms with E-state index in [0.717, 1.165) is 11.3 Å². The maximum absolute atomic E-state index is 12.4. The van der Waals surface area contributed by atoms with Gasteiger partial charge < -0.3 is 20.4 Å². The molecule has 1 aliphatic rings. The molecule has 0 bridgehead atoms. The number of imidazole rings is 1. The van der Waals surface area contributed by atoms with Gasteiger partial charge in [-0.15, -0.1) is 0 Å². The summed E-state index contributed by atoms with van der Waals surface area (Å²) in [7, 11) is 0. The van der Waals surface area contributed by atoms with Crippen LogP contribution in [0.5, 0.6) is 5.75 Å². The Labute approximate surface area is 171 Å². The van der Waals surface area contributed by atoms with Gasteiger partial charge in [0, 0.05) is 35.4 Å². The number of hydrogen-bond donors (Lipinski definition) is 3. The molecule has 0 atom stereocenters. The highest BCUT2D eigenvalue weighted by Crippen LogP contribution is 2.32. The molecular formula is C21H17ClN4O3. The standard InChI is InChI=1S/C21H17ClN4O3/c22-15-4-1-13(2-5-15)9-19-21(28)26-17-10-14(3-6-18(17)29-19)20(27)24-8-7-16-11-23-12-25-16/h1-6,9-12H,7-8H2,(H,23,25)(H,24,27)(H,26,28). The third-order valence-corrected chi connectivity index (χ3v) is 4.59. The number of carbonyl (C=O) groups excluding carboxylic acids is 2. The molecule has 0 unspecified atom stereocenters. The van der Waals surface area contributed by atoms with Gasteiger partial charge in [0.15, 0.2) is 11.5 Å². The first-order valence-electron chi connectivity index (χ1n) is 8.94. The van der Waals surface area contributed by atoms with E-state index in [-0.39, 0.29) is 17.6 Å². The van der Waals surface area contributed by atoms with Gasteiger partial charge in [-0.25, -0.2) is 4.98 Å². The van der Waals surface area contributed by atoms with Crippen molar-refractivity contribution in [3.05, 3.63) is 82.6 Å². The molecule has 1 aromatic heterocycles. The number of aromatic amines is 1. The summed E-state index contributed by atoms with van der Waals surface area (Å²) in [5.74, 6) is 0.0173. The lowest BCUT2D eigenvalue weighted by Gasteiger charge is -2.20. The Morgan fingerprint density at radius 3 is 2.79 bits per heavy atom. The highest BCUT2D eigenvalue weighted by atomic mass is 35.5. The zero-order valence-electron chi connectivity index (χ0n) is 15.2. The molecule has 3 N–H and O–H groups in total. The van der Waals surface area contributed by atoms with Gasteiger partial charge in [0.25, 0.3) is 11.8 Å². The molecule has 0 fully saturated rings. The topological polar surface area (TPSA) is 96.1 Å². The molecule has 1 aliphatic heterocycles. The number of amides is 2. The number of aromatic nitrogens is 2. The van der Waals surface area contributed by atoms with Crippen molar-refractivity contribution >= 4 is 35.2 Å². The van der Waals surface area contributed by atoms with Gasteiger partial charge in [0.2, 0.25) is 0 Å². The largest absolute Gasteiger partial charge is 0.449 e. The minimum absolute atomic E-state index is 0.164. The van der Waals surface area contributed by atoms with Crippen LogP contribution in [0.3, 0.4) is 0 Å². The van der Waals surface area contributed by atoms with Gasteiger partial charge in [-0.2, -0.15) is 0 Å². The molecule has 0 radical (unpaired) electrons. The summed E-state index contributed by atoms with van der Waals surface area (Å²) in [6.07, 6.45) is 5.59. The fourth-order valence-corrected chi connectivity index (χ4v) is 2.97. The van der Waals surface area contributed by atoms with Crippen molar-refractivity contribution in [3.8, 4) is 5.75 Å². The second kappa shape index (κ2) is 8.20. The summed E-state index contributed by atoms with van der Waals surface area (Å²) < 4.78 is 5.72. The number of rotatable bonds is 5. The van der Waals surface area contributed by atoms with Gasteiger partial charge in [-0.05, 0) is 42.0 Å². The number of benzene rings is 2. The van der Waals surface area contributed by atoms with E-state index in [1.54, 1.807) is 61.1 Å². The summed E-state index contributed by atoms with van der Waals surface area (Å²) in [5, 5.41) is 6.22. The number of ether oxygens (including phenoxy) is 1. The molecule has 2 heterocycles. The van der Waals surface area contributed by atoms with Crippen molar-refractivity contribution in [1.82, 2.24) is 15.3 Å². The van der Waals surface area contributed by atoms with E-state index in [1.807, 2.05) is 0 Å². The lowest BCUT2D eigenvalue weighted by molar-refractivity contribution is -0.115. The SMILES string of the molecule is O=C1Nc2cc(C(=O)NCCc3cnc[nH]3)ccc2OC1=Cc1ccc(Cl)cc1. The maximum Gasteiger partial charge on any atom is 0.291 e. The molecule has 3 aromatic rings. The molecule has 2 amide bonds. The van der Waals surface area contributed by atoms with Crippen LogP contribution in [0.4, 0.5) is 5.69 Å². The Kier molecular flexibility index (Phi) is 5.31. The van der Waals surface area contributed by atoms with Crippen molar-refractivity contribution in [2.45, 2.75) is 6.42 Å². The summed E-state index contributed by atoms with van der Waals surface area (Å²) in [6.45, 7) is 0.467. The molecule has 4 rings (SSSR count). The fraction of sp³-hybridized carbons (Fsp3) is 0.0952. The Hall–Kier alpha value is -3.58. The molecule has 146 valence electrons. The van der Waals surface area contributed by atoms with E-state index in [0.29, 0.717) is 35.0 Å². The molecule has 0 saturated carbocycles. The van der Waals surface area contributed by atoms with E-state index in [9.17, 15) is 9.59 Å². The Morgan fingerprint density at radius 1 is 1.21 bits per heavy atom. The van der Waals surface area contributed by atoms with E-state index in [1.165, 1.54) is 0 Å². The molecule has 7 nitrogen and oxygen atoms in total. The Balaban J connectivity index is 1.44. The smallest absolute Gasteiger partial charge is 0.291 e. The average Bonchev–Trinajstić information content (AvgIpc) is 3.23. The van der Waals surface area contributed by atoms with Crippen molar-refractivity contribution < 1.29 is 14.3 Å².